The van der Waals surface area contributed by atoms with Crippen molar-refractivity contribution in [3.05, 3.63) is 16.4 Å². The van der Waals surface area contributed by atoms with Gasteiger partial charge in [-0.05, 0) is 37.5 Å². The summed E-state index contributed by atoms with van der Waals surface area (Å²) in [5.74, 6) is 2.11. The van der Waals surface area contributed by atoms with Crippen LogP contribution in [0.15, 0.2) is 0 Å². The van der Waals surface area contributed by atoms with Gasteiger partial charge in [0.1, 0.15) is 5.15 Å². The van der Waals surface area contributed by atoms with Crippen molar-refractivity contribution in [3.8, 4) is 0 Å². The Bertz CT molecular complexity index is 433. The molecule has 0 saturated heterocycles. The maximum atomic E-state index is 10.3. The normalized spacial score (nSPS) is 32.6. The number of rotatable bonds is 3. The summed E-state index contributed by atoms with van der Waals surface area (Å²) in [5.41, 5.74) is 1.97. The molecule has 3 nitrogen and oxygen atoms in total. The minimum absolute atomic E-state index is 0.231. The molecular formula is C13H19ClN2O. The van der Waals surface area contributed by atoms with E-state index in [1.54, 1.807) is 4.68 Å². The standard InChI is InChI=1S/C13H19ClN2O/c1-7-10(13(14)16(2)15-7)6-11(17)12-8-4-3-5-9(8)12/h8-9,11-12,17H,3-6H2,1-2H3. The molecule has 4 heteroatoms. The van der Waals surface area contributed by atoms with Gasteiger partial charge in [-0.25, -0.2) is 0 Å². The van der Waals surface area contributed by atoms with Crippen LogP contribution < -0.4 is 0 Å². The van der Waals surface area contributed by atoms with Crippen LogP contribution in [0, 0.1) is 24.7 Å². The van der Waals surface area contributed by atoms with E-state index >= 15 is 0 Å². The van der Waals surface area contributed by atoms with E-state index in [0.717, 1.165) is 23.1 Å². The van der Waals surface area contributed by atoms with Crippen molar-refractivity contribution in [2.75, 3.05) is 0 Å². The number of nitrogens with zero attached hydrogens (tertiary/aromatic N) is 2. The second-order valence-corrected chi connectivity index (χ2v) is 5.94. The van der Waals surface area contributed by atoms with Crippen LogP contribution in [0.4, 0.5) is 0 Å². The van der Waals surface area contributed by atoms with E-state index < -0.39 is 0 Å². The second kappa shape index (κ2) is 3.99. The van der Waals surface area contributed by atoms with E-state index in [4.69, 9.17) is 11.6 Å². The molecule has 3 unspecified atom stereocenters. The third kappa shape index (κ3) is 1.80. The van der Waals surface area contributed by atoms with Gasteiger partial charge >= 0.3 is 0 Å². The first kappa shape index (κ1) is 11.5. The molecule has 2 aliphatic carbocycles. The molecule has 0 aliphatic heterocycles. The van der Waals surface area contributed by atoms with Crippen molar-refractivity contribution in [2.24, 2.45) is 24.8 Å². The van der Waals surface area contributed by atoms with Crippen LogP contribution in [-0.2, 0) is 13.5 Å². The maximum absolute atomic E-state index is 10.3. The van der Waals surface area contributed by atoms with Gasteiger partial charge < -0.3 is 5.11 Å². The lowest BCUT2D eigenvalue weighted by Gasteiger charge is -2.12. The highest BCUT2D eigenvalue weighted by molar-refractivity contribution is 6.30. The molecule has 3 rings (SSSR count). The van der Waals surface area contributed by atoms with Gasteiger partial charge in [-0.1, -0.05) is 18.0 Å². The zero-order valence-corrected chi connectivity index (χ0v) is 11.1. The van der Waals surface area contributed by atoms with Crippen LogP contribution in [-0.4, -0.2) is 21.0 Å². The van der Waals surface area contributed by atoms with Gasteiger partial charge in [0, 0.05) is 19.0 Å². The molecule has 1 heterocycles. The highest BCUT2D eigenvalue weighted by Crippen LogP contribution is 2.59. The van der Waals surface area contributed by atoms with E-state index in [9.17, 15) is 5.11 Å². The molecule has 2 fully saturated rings. The van der Waals surface area contributed by atoms with Crippen molar-refractivity contribution in [1.82, 2.24) is 9.78 Å². The molecule has 3 atom stereocenters. The molecule has 0 amide bonds. The number of hydrogen-bond donors (Lipinski definition) is 1. The highest BCUT2D eigenvalue weighted by Gasteiger charge is 2.55. The predicted octanol–water partition coefficient (Wildman–Crippen LogP) is 2.33. The number of aliphatic hydroxyl groups excluding tert-OH is 1. The number of aliphatic hydroxyl groups is 1. The minimum Gasteiger partial charge on any atom is -0.392 e. The van der Waals surface area contributed by atoms with Crippen LogP contribution >= 0.6 is 11.6 Å². The molecule has 2 saturated carbocycles. The quantitative estimate of drug-likeness (QED) is 0.899. The van der Waals surface area contributed by atoms with Gasteiger partial charge in [0.05, 0.1) is 11.8 Å². The Labute approximate surface area is 107 Å². The fraction of sp³-hybridized carbons (Fsp3) is 0.769. The zero-order chi connectivity index (χ0) is 12.2. The zero-order valence-electron chi connectivity index (χ0n) is 10.4. The SMILES string of the molecule is Cc1nn(C)c(Cl)c1CC(O)C1C2CCCC21. The summed E-state index contributed by atoms with van der Waals surface area (Å²) in [7, 11) is 1.84. The van der Waals surface area contributed by atoms with E-state index in [1.165, 1.54) is 19.3 Å². The number of aromatic nitrogens is 2. The van der Waals surface area contributed by atoms with Crippen molar-refractivity contribution >= 4 is 11.6 Å². The fourth-order valence-electron chi connectivity index (χ4n) is 3.70. The van der Waals surface area contributed by atoms with Gasteiger partial charge in [0.15, 0.2) is 0 Å². The summed E-state index contributed by atoms with van der Waals surface area (Å²) in [6, 6.07) is 0. The Hall–Kier alpha value is -0.540. The highest BCUT2D eigenvalue weighted by atomic mass is 35.5. The lowest BCUT2D eigenvalue weighted by atomic mass is 10.0. The Balaban J connectivity index is 1.70. The molecule has 1 aromatic heterocycles. The van der Waals surface area contributed by atoms with Gasteiger partial charge in [0.25, 0.3) is 0 Å². The Morgan fingerprint density at radius 3 is 2.65 bits per heavy atom. The van der Waals surface area contributed by atoms with Crippen LogP contribution in [0.25, 0.3) is 0 Å². The van der Waals surface area contributed by atoms with E-state index in [-0.39, 0.29) is 6.10 Å². The van der Waals surface area contributed by atoms with Crippen molar-refractivity contribution in [3.63, 3.8) is 0 Å². The molecule has 1 N–H and O–H groups in total. The van der Waals surface area contributed by atoms with Crippen LogP contribution in [0.5, 0.6) is 0 Å². The Morgan fingerprint density at radius 1 is 1.47 bits per heavy atom. The Morgan fingerprint density at radius 2 is 2.12 bits per heavy atom. The summed E-state index contributed by atoms with van der Waals surface area (Å²) in [5, 5.41) is 15.3. The molecule has 0 aromatic carbocycles. The molecule has 0 radical (unpaired) electrons. The number of aryl methyl sites for hydroxylation is 2. The summed E-state index contributed by atoms with van der Waals surface area (Å²) < 4.78 is 1.69. The van der Waals surface area contributed by atoms with Crippen LogP contribution in [0.3, 0.4) is 0 Å². The van der Waals surface area contributed by atoms with Crippen molar-refractivity contribution < 1.29 is 5.11 Å². The summed E-state index contributed by atoms with van der Waals surface area (Å²) in [4.78, 5) is 0. The van der Waals surface area contributed by atoms with Gasteiger partial charge in [-0.3, -0.25) is 4.68 Å². The van der Waals surface area contributed by atoms with Crippen molar-refractivity contribution in [2.45, 2.75) is 38.7 Å². The number of fused-ring (bicyclic) bond motifs is 1. The monoisotopic (exact) mass is 254 g/mol. The molecular weight excluding hydrogens is 236 g/mol. The summed E-state index contributed by atoms with van der Waals surface area (Å²) in [6.45, 7) is 1.96. The van der Waals surface area contributed by atoms with Gasteiger partial charge in [0.2, 0.25) is 0 Å². The Kier molecular flexibility index (Phi) is 2.71. The smallest absolute Gasteiger partial charge is 0.130 e. The molecule has 94 valence electrons. The first-order valence-corrected chi connectivity index (χ1v) is 6.83. The molecule has 0 bridgehead atoms. The first-order chi connectivity index (χ1) is 8.09. The molecule has 0 spiro atoms. The summed E-state index contributed by atoms with van der Waals surface area (Å²) in [6.07, 6.45) is 4.41. The van der Waals surface area contributed by atoms with E-state index in [2.05, 4.69) is 5.10 Å². The second-order valence-electron chi connectivity index (χ2n) is 5.59. The van der Waals surface area contributed by atoms with Crippen LogP contribution in [0.2, 0.25) is 5.15 Å². The number of hydrogen-bond acceptors (Lipinski definition) is 2. The number of halogens is 1. The molecule has 17 heavy (non-hydrogen) atoms. The lowest BCUT2D eigenvalue weighted by molar-refractivity contribution is 0.135. The average molecular weight is 255 g/mol. The minimum atomic E-state index is -0.231. The third-order valence-corrected chi connectivity index (χ3v) is 5.07. The summed E-state index contributed by atoms with van der Waals surface area (Å²) >= 11 is 6.19. The largest absolute Gasteiger partial charge is 0.392 e. The van der Waals surface area contributed by atoms with Crippen LogP contribution in [0.1, 0.15) is 30.5 Å². The fourth-order valence-corrected chi connectivity index (χ4v) is 3.95. The van der Waals surface area contributed by atoms with E-state index in [0.29, 0.717) is 17.5 Å². The molecule has 1 aromatic rings. The van der Waals surface area contributed by atoms with Crippen molar-refractivity contribution in [1.29, 1.82) is 0 Å². The third-order valence-electron chi connectivity index (χ3n) is 4.60. The predicted molar refractivity (Wildman–Crippen MR) is 67.0 cm³/mol. The topological polar surface area (TPSA) is 38.0 Å². The first-order valence-electron chi connectivity index (χ1n) is 6.45. The maximum Gasteiger partial charge on any atom is 0.130 e. The van der Waals surface area contributed by atoms with Gasteiger partial charge in [-0.15, -0.1) is 0 Å². The van der Waals surface area contributed by atoms with Gasteiger partial charge in [-0.2, -0.15) is 5.10 Å². The van der Waals surface area contributed by atoms with E-state index in [1.807, 2.05) is 14.0 Å². The average Bonchev–Trinajstić information content (AvgIpc) is 2.66. The lowest BCUT2D eigenvalue weighted by Crippen LogP contribution is -2.16. The molecule has 2 aliphatic rings.